The van der Waals surface area contributed by atoms with Gasteiger partial charge in [-0.1, -0.05) is 54.6 Å². The van der Waals surface area contributed by atoms with Gasteiger partial charge in [0, 0.05) is 21.1 Å². The molecule has 0 saturated heterocycles. The summed E-state index contributed by atoms with van der Waals surface area (Å²) in [5.74, 6) is -1.22. The van der Waals surface area contributed by atoms with E-state index in [2.05, 4.69) is 41.7 Å². The number of hydrogen-bond acceptors (Lipinski definition) is 4. The third-order valence-corrected chi connectivity index (χ3v) is 5.80. The number of carbonyl (C=O) groups is 1. The van der Waals surface area contributed by atoms with Crippen molar-refractivity contribution in [1.29, 1.82) is 5.26 Å². The highest BCUT2D eigenvalue weighted by atomic mass is 32.1. The van der Waals surface area contributed by atoms with Crippen molar-refractivity contribution < 1.29 is 9.90 Å². The molecule has 0 aliphatic carbocycles. The van der Waals surface area contributed by atoms with Gasteiger partial charge in [0.1, 0.15) is 11.6 Å². The molecule has 31 heavy (non-hydrogen) atoms. The maximum Gasteiger partial charge on any atom is 0.346 e. The molecule has 0 unspecified atom stereocenters. The highest BCUT2D eigenvalue weighted by Gasteiger charge is 2.08. The van der Waals surface area contributed by atoms with Crippen molar-refractivity contribution in [3.05, 3.63) is 101 Å². The minimum Gasteiger partial charge on any atom is -0.477 e. The number of rotatable bonds is 6. The van der Waals surface area contributed by atoms with Crippen LogP contribution in [0.4, 0.5) is 11.4 Å². The molecular weight excluding hydrogens is 404 g/mol. The Kier molecular flexibility index (Phi) is 5.93. The number of carboxylic acid groups (broad SMARTS) is 1. The zero-order valence-electron chi connectivity index (χ0n) is 16.4. The quantitative estimate of drug-likeness (QED) is 0.264. The molecule has 1 aromatic heterocycles. The van der Waals surface area contributed by atoms with Crippen molar-refractivity contribution in [2.75, 3.05) is 5.32 Å². The number of nitriles is 1. The van der Waals surface area contributed by atoms with Gasteiger partial charge in [0.2, 0.25) is 0 Å². The van der Waals surface area contributed by atoms with Crippen LogP contribution in [0, 0.1) is 11.3 Å². The lowest BCUT2D eigenvalue weighted by molar-refractivity contribution is -0.132. The smallest absolute Gasteiger partial charge is 0.346 e. The van der Waals surface area contributed by atoms with Crippen LogP contribution in [-0.2, 0) is 4.79 Å². The third-order valence-electron chi connectivity index (χ3n) is 4.71. The summed E-state index contributed by atoms with van der Waals surface area (Å²) in [4.78, 5) is 12.8. The number of carboxylic acids is 1. The van der Waals surface area contributed by atoms with Crippen molar-refractivity contribution in [3.63, 3.8) is 0 Å². The molecule has 3 aromatic carbocycles. The van der Waals surface area contributed by atoms with Crippen molar-refractivity contribution >= 4 is 34.8 Å². The number of hydrogen-bond donors (Lipinski definition) is 2. The molecule has 150 valence electrons. The molecule has 4 aromatic rings. The fraction of sp³-hybridized carbons (Fsp3) is 0. The molecule has 0 atom stereocenters. The van der Waals surface area contributed by atoms with E-state index in [9.17, 15) is 4.79 Å². The fourth-order valence-electron chi connectivity index (χ4n) is 3.13. The first-order valence-electron chi connectivity index (χ1n) is 9.60. The van der Waals surface area contributed by atoms with Crippen LogP contribution in [-0.4, -0.2) is 11.1 Å². The van der Waals surface area contributed by atoms with Crippen molar-refractivity contribution in [3.8, 4) is 27.6 Å². The third kappa shape index (κ3) is 4.89. The van der Waals surface area contributed by atoms with Crippen molar-refractivity contribution in [2.24, 2.45) is 0 Å². The Morgan fingerprint density at radius 2 is 1.39 bits per heavy atom. The van der Waals surface area contributed by atoms with E-state index < -0.39 is 5.97 Å². The van der Waals surface area contributed by atoms with E-state index >= 15 is 0 Å². The van der Waals surface area contributed by atoms with Crippen LogP contribution in [0.1, 0.15) is 4.88 Å². The maximum absolute atomic E-state index is 11.0. The van der Waals surface area contributed by atoms with Gasteiger partial charge in [-0.25, -0.2) is 4.79 Å². The second kappa shape index (κ2) is 9.12. The van der Waals surface area contributed by atoms with Gasteiger partial charge in [-0.2, -0.15) is 5.26 Å². The van der Waals surface area contributed by atoms with Gasteiger partial charge in [0.15, 0.2) is 0 Å². The monoisotopic (exact) mass is 422 g/mol. The molecule has 0 aliphatic heterocycles. The summed E-state index contributed by atoms with van der Waals surface area (Å²) < 4.78 is 0. The molecule has 4 rings (SSSR count). The highest BCUT2D eigenvalue weighted by Crippen LogP contribution is 2.31. The lowest BCUT2D eigenvalue weighted by Gasteiger charge is -2.08. The first-order chi connectivity index (χ1) is 15.1. The summed E-state index contributed by atoms with van der Waals surface area (Å²) >= 11 is 1.45. The van der Waals surface area contributed by atoms with Gasteiger partial charge >= 0.3 is 5.97 Å². The van der Waals surface area contributed by atoms with E-state index in [0.717, 1.165) is 37.8 Å². The lowest BCUT2D eigenvalue weighted by atomic mass is 10.0. The molecule has 0 amide bonds. The SMILES string of the molecule is N#C/C(=C\c1ccc(-c2ccc(-c3ccc(Nc4ccccc4)cc3)cc2)s1)C(=O)O. The Hall–Kier alpha value is -4.14. The Bertz CT molecular complexity index is 1270. The molecule has 0 saturated carbocycles. The van der Waals surface area contributed by atoms with E-state index in [1.807, 2.05) is 54.6 Å². The maximum atomic E-state index is 11.0. The Morgan fingerprint density at radius 3 is 2.00 bits per heavy atom. The topological polar surface area (TPSA) is 73.1 Å². The average molecular weight is 423 g/mol. The predicted molar refractivity (Wildman–Crippen MR) is 126 cm³/mol. The number of para-hydroxylation sites is 1. The molecule has 0 fully saturated rings. The summed E-state index contributed by atoms with van der Waals surface area (Å²) in [6, 6.07) is 32.0. The molecule has 4 nitrogen and oxygen atoms in total. The van der Waals surface area contributed by atoms with Crippen LogP contribution < -0.4 is 5.32 Å². The number of nitrogens with one attached hydrogen (secondary N) is 1. The zero-order valence-corrected chi connectivity index (χ0v) is 17.3. The standard InChI is InChI=1S/C26H18N2O2S/c27-17-21(26(29)30)16-24-14-15-25(31-24)20-8-6-18(7-9-20)19-10-12-23(13-11-19)28-22-4-2-1-3-5-22/h1-16,28H,(H,29,30)/b21-16+. The molecule has 0 radical (unpaired) electrons. The minimum absolute atomic E-state index is 0.269. The molecule has 0 bridgehead atoms. The van der Waals surface area contributed by atoms with Crippen LogP contribution in [0.15, 0.2) is 96.6 Å². The lowest BCUT2D eigenvalue weighted by Crippen LogP contribution is -1.96. The second-order valence-corrected chi connectivity index (χ2v) is 7.94. The normalized spacial score (nSPS) is 11.0. The number of thiophene rings is 1. The minimum atomic E-state index is -1.22. The zero-order chi connectivity index (χ0) is 21.6. The number of aliphatic carboxylic acids is 1. The summed E-state index contributed by atoms with van der Waals surface area (Å²) in [5, 5.41) is 21.3. The van der Waals surface area contributed by atoms with E-state index in [1.54, 1.807) is 6.07 Å². The van der Waals surface area contributed by atoms with Crippen LogP contribution in [0.3, 0.4) is 0 Å². The van der Waals surface area contributed by atoms with Gasteiger partial charge in [-0.3, -0.25) is 0 Å². The Balaban J connectivity index is 1.49. The summed E-state index contributed by atoms with van der Waals surface area (Å²) in [6.45, 7) is 0. The molecular formula is C26H18N2O2S. The molecule has 2 N–H and O–H groups in total. The van der Waals surface area contributed by atoms with Crippen molar-refractivity contribution in [2.45, 2.75) is 0 Å². The van der Waals surface area contributed by atoms with Crippen LogP contribution in [0.25, 0.3) is 27.6 Å². The van der Waals surface area contributed by atoms with E-state index in [-0.39, 0.29) is 5.57 Å². The first kappa shape index (κ1) is 20.1. The van der Waals surface area contributed by atoms with E-state index in [1.165, 1.54) is 17.4 Å². The second-order valence-electron chi connectivity index (χ2n) is 6.82. The predicted octanol–water partition coefficient (Wildman–Crippen LogP) is 6.82. The molecule has 5 heteroatoms. The first-order valence-corrected chi connectivity index (χ1v) is 10.4. The van der Waals surface area contributed by atoms with E-state index in [4.69, 9.17) is 10.4 Å². The number of anilines is 2. The van der Waals surface area contributed by atoms with Crippen LogP contribution in [0.5, 0.6) is 0 Å². The summed E-state index contributed by atoms with van der Waals surface area (Å²) in [5.41, 5.74) is 5.10. The average Bonchev–Trinajstić information content (AvgIpc) is 3.27. The van der Waals surface area contributed by atoms with Gasteiger partial charge in [0.25, 0.3) is 0 Å². The Morgan fingerprint density at radius 1 is 0.806 bits per heavy atom. The molecule has 1 heterocycles. The summed E-state index contributed by atoms with van der Waals surface area (Å²) in [7, 11) is 0. The molecule has 0 aliphatic rings. The van der Waals surface area contributed by atoms with Crippen LogP contribution >= 0.6 is 11.3 Å². The largest absolute Gasteiger partial charge is 0.477 e. The number of nitrogens with zero attached hydrogens (tertiary/aromatic N) is 1. The number of benzene rings is 3. The highest BCUT2D eigenvalue weighted by molar-refractivity contribution is 7.16. The van der Waals surface area contributed by atoms with Gasteiger partial charge in [-0.05, 0) is 59.2 Å². The van der Waals surface area contributed by atoms with E-state index in [0.29, 0.717) is 0 Å². The van der Waals surface area contributed by atoms with Crippen LogP contribution in [0.2, 0.25) is 0 Å². The van der Waals surface area contributed by atoms with Gasteiger partial charge in [-0.15, -0.1) is 11.3 Å². The Labute approximate surface area is 184 Å². The van der Waals surface area contributed by atoms with Crippen molar-refractivity contribution in [1.82, 2.24) is 0 Å². The van der Waals surface area contributed by atoms with Gasteiger partial charge < -0.3 is 10.4 Å². The summed E-state index contributed by atoms with van der Waals surface area (Å²) in [6.07, 6.45) is 1.40. The van der Waals surface area contributed by atoms with Gasteiger partial charge in [0.05, 0.1) is 0 Å². The molecule has 0 spiro atoms. The fourth-order valence-corrected chi connectivity index (χ4v) is 4.09.